The van der Waals surface area contributed by atoms with E-state index in [9.17, 15) is 18.5 Å². The second-order valence-corrected chi connectivity index (χ2v) is 6.98. The summed E-state index contributed by atoms with van der Waals surface area (Å²) in [5.41, 5.74) is 0.123. The third-order valence-electron chi connectivity index (χ3n) is 2.59. The van der Waals surface area contributed by atoms with Crippen LogP contribution in [0.15, 0.2) is 18.2 Å². The first-order valence-electron chi connectivity index (χ1n) is 5.78. The van der Waals surface area contributed by atoms with E-state index < -0.39 is 15.0 Å². The monoisotopic (exact) mass is 287 g/mol. The van der Waals surface area contributed by atoms with Gasteiger partial charge in [0.1, 0.15) is 0 Å². The predicted molar refractivity (Wildman–Crippen MR) is 71.9 cm³/mol. The van der Waals surface area contributed by atoms with Gasteiger partial charge in [0, 0.05) is 6.07 Å². The fourth-order valence-electron chi connectivity index (χ4n) is 1.39. The maximum absolute atomic E-state index is 11.4. The fraction of sp³-hybridized carbons (Fsp3) is 0.500. The smallest absolute Gasteiger partial charge is 0.312 e. The normalized spacial score (nSPS) is 12.2. The number of hydrogen-bond acceptors (Lipinski definition) is 5. The Labute approximate surface area is 112 Å². The van der Waals surface area contributed by atoms with E-state index in [1.54, 1.807) is 6.07 Å². The lowest BCUT2D eigenvalue weighted by Gasteiger charge is -2.19. The van der Waals surface area contributed by atoms with Gasteiger partial charge in [0.05, 0.1) is 10.7 Å². The molecule has 0 spiro atoms. The Morgan fingerprint density at radius 1 is 1.32 bits per heavy atom. The Hall–Kier alpha value is -1.63. The van der Waals surface area contributed by atoms with Crippen molar-refractivity contribution < 1.29 is 17.5 Å². The van der Waals surface area contributed by atoms with Crippen molar-refractivity contribution in [3.05, 3.63) is 33.9 Å². The fourth-order valence-corrected chi connectivity index (χ4v) is 1.93. The van der Waals surface area contributed by atoms with Crippen molar-refractivity contribution in [1.82, 2.24) is 0 Å². The van der Waals surface area contributed by atoms with Crippen LogP contribution < -0.4 is 4.18 Å². The average molecular weight is 287 g/mol. The summed E-state index contributed by atoms with van der Waals surface area (Å²) in [5, 5.41) is 11.0. The van der Waals surface area contributed by atoms with Crippen LogP contribution in [0.5, 0.6) is 5.75 Å². The molecule has 0 bridgehead atoms. The van der Waals surface area contributed by atoms with Gasteiger partial charge >= 0.3 is 15.8 Å². The molecule has 0 amide bonds. The van der Waals surface area contributed by atoms with Gasteiger partial charge < -0.3 is 4.18 Å². The van der Waals surface area contributed by atoms with Crippen LogP contribution in [-0.2, 0) is 15.5 Å². The standard InChI is InChI=1S/C12H17NO5S/c1-5-19(16,17)18-11-7-6-9(12(2,3)4)8-10(11)13(14)15/h6-8H,5H2,1-4H3. The number of benzene rings is 1. The number of nitro benzene ring substituents is 1. The zero-order chi connectivity index (χ0) is 14.8. The van der Waals surface area contributed by atoms with Gasteiger partial charge in [0.25, 0.3) is 0 Å². The van der Waals surface area contributed by atoms with Crippen LogP contribution in [0.4, 0.5) is 5.69 Å². The van der Waals surface area contributed by atoms with Gasteiger partial charge in [0.2, 0.25) is 5.75 Å². The highest BCUT2D eigenvalue weighted by Gasteiger charge is 2.24. The van der Waals surface area contributed by atoms with Crippen molar-refractivity contribution in [2.24, 2.45) is 0 Å². The molecule has 0 atom stereocenters. The van der Waals surface area contributed by atoms with Gasteiger partial charge in [-0.1, -0.05) is 26.8 Å². The summed E-state index contributed by atoms with van der Waals surface area (Å²) in [7, 11) is -3.78. The number of nitrogens with zero attached hydrogens (tertiary/aromatic N) is 1. The minimum absolute atomic E-state index is 0.245. The lowest BCUT2D eigenvalue weighted by molar-refractivity contribution is -0.385. The van der Waals surface area contributed by atoms with Crippen LogP contribution in [0.3, 0.4) is 0 Å². The molecule has 0 aliphatic rings. The molecule has 0 heterocycles. The van der Waals surface area contributed by atoms with E-state index in [1.807, 2.05) is 20.8 Å². The third kappa shape index (κ3) is 3.92. The first-order chi connectivity index (χ1) is 8.57. The highest BCUT2D eigenvalue weighted by atomic mass is 32.2. The first kappa shape index (κ1) is 15.4. The largest absolute Gasteiger partial charge is 0.375 e. The molecule has 0 radical (unpaired) electrons. The molecule has 0 aliphatic carbocycles. The Bertz CT molecular complexity index is 587. The summed E-state index contributed by atoms with van der Waals surface area (Å²) in [6.07, 6.45) is 0. The summed E-state index contributed by atoms with van der Waals surface area (Å²) in [5.74, 6) is -0.495. The van der Waals surface area contributed by atoms with Gasteiger partial charge in [0.15, 0.2) is 0 Å². The SMILES string of the molecule is CCS(=O)(=O)Oc1ccc(C(C)(C)C)cc1[N+](=O)[O-]. The minimum Gasteiger partial charge on any atom is -0.375 e. The van der Waals surface area contributed by atoms with E-state index in [2.05, 4.69) is 0 Å². The van der Waals surface area contributed by atoms with Gasteiger partial charge in [-0.2, -0.15) is 8.42 Å². The number of hydrogen-bond donors (Lipinski definition) is 0. The molecular formula is C12H17NO5S. The Morgan fingerprint density at radius 3 is 2.32 bits per heavy atom. The molecule has 1 rings (SSSR count). The van der Waals surface area contributed by atoms with Crippen LogP contribution in [0.25, 0.3) is 0 Å². The zero-order valence-corrected chi connectivity index (χ0v) is 12.2. The molecule has 0 unspecified atom stereocenters. The summed E-state index contributed by atoms with van der Waals surface area (Å²) in [6, 6.07) is 4.31. The van der Waals surface area contributed by atoms with Crippen LogP contribution in [0.1, 0.15) is 33.3 Å². The topological polar surface area (TPSA) is 86.5 Å². The molecule has 0 aromatic heterocycles. The lowest BCUT2D eigenvalue weighted by atomic mass is 9.87. The molecule has 0 N–H and O–H groups in total. The van der Waals surface area contributed by atoms with Crippen molar-refractivity contribution >= 4 is 15.8 Å². The van der Waals surface area contributed by atoms with Gasteiger partial charge in [-0.25, -0.2) is 0 Å². The molecule has 7 heteroatoms. The number of rotatable bonds is 4. The van der Waals surface area contributed by atoms with Crippen molar-refractivity contribution in [3.8, 4) is 5.75 Å². The quantitative estimate of drug-likeness (QED) is 0.482. The molecule has 0 fully saturated rings. The molecule has 0 aliphatic heterocycles. The van der Waals surface area contributed by atoms with E-state index in [1.165, 1.54) is 19.1 Å². The summed E-state index contributed by atoms with van der Waals surface area (Å²) < 4.78 is 27.5. The molecule has 6 nitrogen and oxygen atoms in total. The van der Waals surface area contributed by atoms with E-state index in [4.69, 9.17) is 4.18 Å². The lowest BCUT2D eigenvalue weighted by Crippen LogP contribution is -2.14. The molecule has 0 saturated carbocycles. The molecule has 19 heavy (non-hydrogen) atoms. The summed E-state index contributed by atoms with van der Waals surface area (Å²) >= 11 is 0. The number of nitro groups is 1. The Balaban J connectivity index is 3.32. The van der Waals surface area contributed by atoms with E-state index in [0.717, 1.165) is 5.56 Å². The zero-order valence-electron chi connectivity index (χ0n) is 11.3. The third-order valence-corrected chi connectivity index (χ3v) is 3.73. The van der Waals surface area contributed by atoms with Crippen molar-refractivity contribution in [2.75, 3.05) is 5.75 Å². The molecule has 1 aromatic rings. The summed E-state index contributed by atoms with van der Waals surface area (Å²) in [4.78, 5) is 10.4. The van der Waals surface area contributed by atoms with E-state index in [-0.39, 0.29) is 22.6 Å². The van der Waals surface area contributed by atoms with Crippen LogP contribution in [0, 0.1) is 10.1 Å². The minimum atomic E-state index is -3.78. The molecule has 0 saturated heterocycles. The maximum atomic E-state index is 11.4. The molecule has 106 valence electrons. The maximum Gasteiger partial charge on any atom is 0.312 e. The molecule has 1 aromatic carbocycles. The van der Waals surface area contributed by atoms with Gasteiger partial charge in [-0.15, -0.1) is 0 Å². The van der Waals surface area contributed by atoms with Crippen LogP contribution in [0.2, 0.25) is 0 Å². The van der Waals surface area contributed by atoms with E-state index in [0.29, 0.717) is 0 Å². The van der Waals surface area contributed by atoms with Crippen LogP contribution in [-0.4, -0.2) is 19.1 Å². The second kappa shape index (κ2) is 5.16. The van der Waals surface area contributed by atoms with Crippen molar-refractivity contribution in [3.63, 3.8) is 0 Å². The van der Waals surface area contributed by atoms with Gasteiger partial charge in [-0.05, 0) is 24.0 Å². The predicted octanol–water partition coefficient (Wildman–Crippen LogP) is 2.62. The average Bonchev–Trinajstić information content (AvgIpc) is 2.27. The van der Waals surface area contributed by atoms with E-state index >= 15 is 0 Å². The summed E-state index contributed by atoms with van der Waals surface area (Å²) in [6.45, 7) is 7.14. The first-order valence-corrected chi connectivity index (χ1v) is 7.35. The highest BCUT2D eigenvalue weighted by molar-refractivity contribution is 7.87. The van der Waals surface area contributed by atoms with Crippen molar-refractivity contribution in [1.29, 1.82) is 0 Å². The Morgan fingerprint density at radius 2 is 1.89 bits per heavy atom. The van der Waals surface area contributed by atoms with Crippen molar-refractivity contribution in [2.45, 2.75) is 33.1 Å². The Kier molecular flexibility index (Phi) is 4.19. The van der Waals surface area contributed by atoms with Crippen LogP contribution >= 0.6 is 0 Å². The molecular weight excluding hydrogens is 270 g/mol. The van der Waals surface area contributed by atoms with Gasteiger partial charge in [-0.3, -0.25) is 10.1 Å². The highest BCUT2D eigenvalue weighted by Crippen LogP contribution is 2.33. The second-order valence-electron chi connectivity index (χ2n) is 5.12.